The average molecular weight is 350 g/mol. The Bertz CT molecular complexity index is 325. The van der Waals surface area contributed by atoms with Gasteiger partial charge in [-0.05, 0) is 0 Å². The summed E-state index contributed by atoms with van der Waals surface area (Å²) in [6.07, 6.45) is 6.25. The quantitative estimate of drug-likeness (QED) is 0.762. The summed E-state index contributed by atoms with van der Waals surface area (Å²) >= 11 is 2.03. The van der Waals surface area contributed by atoms with Crippen molar-refractivity contribution in [2.75, 3.05) is 6.61 Å². The SMILES string of the molecule is c1csc([Te]C[C@H]2CO[C@@H]3CCCC[C@H]23)c1. The fraction of sp³-hybridized carbons (Fsp3) is 0.692. The van der Waals surface area contributed by atoms with Crippen molar-refractivity contribution < 1.29 is 4.74 Å². The molecule has 1 aromatic rings. The fourth-order valence-electron chi connectivity index (χ4n) is 2.95. The van der Waals surface area contributed by atoms with Crippen LogP contribution >= 0.6 is 11.3 Å². The van der Waals surface area contributed by atoms with Crippen LogP contribution in [0.5, 0.6) is 0 Å². The molecule has 88 valence electrons. The van der Waals surface area contributed by atoms with E-state index in [4.69, 9.17) is 4.74 Å². The maximum absolute atomic E-state index is 5.96. The van der Waals surface area contributed by atoms with Crippen molar-refractivity contribution in [2.24, 2.45) is 11.8 Å². The van der Waals surface area contributed by atoms with E-state index < -0.39 is 0 Å². The summed E-state index contributed by atoms with van der Waals surface area (Å²) in [4.78, 5) is 0. The number of hydrogen-bond acceptors (Lipinski definition) is 2. The first-order chi connectivity index (χ1) is 7.93. The Morgan fingerprint density at radius 2 is 2.31 bits per heavy atom. The van der Waals surface area contributed by atoms with Crippen molar-refractivity contribution in [3.63, 3.8) is 0 Å². The molecule has 0 N–H and O–H groups in total. The molecule has 2 fully saturated rings. The molecule has 1 nitrogen and oxygen atoms in total. The molecular weight excluding hydrogens is 332 g/mol. The average Bonchev–Trinajstić information content (AvgIpc) is 2.96. The Morgan fingerprint density at radius 1 is 1.38 bits per heavy atom. The molecule has 3 rings (SSSR count). The Morgan fingerprint density at radius 3 is 3.19 bits per heavy atom. The summed E-state index contributed by atoms with van der Waals surface area (Å²) in [5.41, 5.74) is 0. The Labute approximate surface area is 112 Å². The molecule has 1 aromatic heterocycles. The van der Waals surface area contributed by atoms with Gasteiger partial charge in [-0.25, -0.2) is 0 Å². The van der Waals surface area contributed by atoms with Crippen molar-refractivity contribution in [3.05, 3.63) is 17.5 Å². The molecule has 1 aliphatic heterocycles. The number of hydrogen-bond donors (Lipinski definition) is 0. The molecule has 2 aliphatic rings. The van der Waals surface area contributed by atoms with E-state index in [1.807, 2.05) is 11.3 Å². The van der Waals surface area contributed by atoms with Gasteiger partial charge in [0.2, 0.25) is 0 Å². The van der Waals surface area contributed by atoms with Gasteiger partial charge in [0.1, 0.15) is 0 Å². The number of thiophene rings is 1. The van der Waals surface area contributed by atoms with Crippen LogP contribution in [0.1, 0.15) is 25.7 Å². The van der Waals surface area contributed by atoms with Crippen molar-refractivity contribution in [2.45, 2.75) is 36.3 Å². The number of ether oxygens (including phenoxy) is 1. The summed E-state index contributed by atoms with van der Waals surface area (Å²) < 4.78 is 9.10. The molecule has 1 saturated carbocycles. The Kier molecular flexibility index (Phi) is 3.89. The molecule has 1 saturated heterocycles. The van der Waals surface area contributed by atoms with Crippen LogP contribution in [0.15, 0.2) is 17.5 Å². The van der Waals surface area contributed by atoms with Crippen molar-refractivity contribution in [1.29, 1.82) is 0 Å². The van der Waals surface area contributed by atoms with E-state index in [1.54, 1.807) is 2.93 Å². The monoisotopic (exact) mass is 352 g/mol. The molecule has 0 spiro atoms. The zero-order valence-electron chi connectivity index (χ0n) is 9.43. The van der Waals surface area contributed by atoms with E-state index in [0.29, 0.717) is 6.10 Å². The molecule has 16 heavy (non-hydrogen) atoms. The van der Waals surface area contributed by atoms with E-state index in [2.05, 4.69) is 17.5 Å². The predicted octanol–water partition coefficient (Wildman–Crippen LogP) is 2.70. The van der Waals surface area contributed by atoms with Crippen LogP contribution in [0.3, 0.4) is 0 Å². The van der Waals surface area contributed by atoms with Gasteiger partial charge in [-0.3, -0.25) is 0 Å². The number of rotatable bonds is 3. The van der Waals surface area contributed by atoms with Crippen molar-refractivity contribution in [3.8, 4) is 0 Å². The second-order valence-corrected chi connectivity index (χ2v) is 9.61. The third-order valence-corrected chi connectivity index (χ3v) is 8.99. The van der Waals surface area contributed by atoms with E-state index in [-0.39, 0.29) is 20.9 Å². The van der Waals surface area contributed by atoms with Gasteiger partial charge in [0, 0.05) is 0 Å². The standard InChI is InChI=1S/C13H18OSTe/c1-2-5-12-11(4-1)10(8-14-12)9-16-13-6-3-7-15-13/h3,6-7,10-12H,1-2,4-5,8-9H2/t10-,11-,12-/m1/s1. The van der Waals surface area contributed by atoms with Gasteiger partial charge >= 0.3 is 112 Å². The molecule has 2 heterocycles. The molecule has 1 aliphatic carbocycles. The van der Waals surface area contributed by atoms with Crippen molar-refractivity contribution in [1.82, 2.24) is 0 Å². The second kappa shape index (κ2) is 5.40. The van der Waals surface area contributed by atoms with E-state index in [1.165, 1.54) is 30.2 Å². The molecule has 0 radical (unpaired) electrons. The first kappa shape index (κ1) is 11.5. The normalized spacial score (nSPS) is 33.9. The van der Waals surface area contributed by atoms with E-state index in [0.717, 1.165) is 18.4 Å². The van der Waals surface area contributed by atoms with Gasteiger partial charge in [-0.1, -0.05) is 0 Å². The number of fused-ring (bicyclic) bond motifs is 1. The molecule has 0 aromatic carbocycles. The predicted molar refractivity (Wildman–Crippen MR) is 69.7 cm³/mol. The Balaban J connectivity index is 1.55. The zero-order chi connectivity index (χ0) is 10.8. The third kappa shape index (κ3) is 2.48. The minimum absolute atomic E-state index is 0.0736. The van der Waals surface area contributed by atoms with E-state index >= 15 is 0 Å². The molecule has 0 unspecified atom stereocenters. The van der Waals surface area contributed by atoms with Crippen LogP contribution in [-0.4, -0.2) is 33.6 Å². The first-order valence-electron chi connectivity index (χ1n) is 6.21. The summed E-state index contributed by atoms with van der Waals surface area (Å²) in [6, 6.07) is 4.51. The first-order valence-corrected chi connectivity index (χ1v) is 9.90. The van der Waals surface area contributed by atoms with Crippen LogP contribution in [0.25, 0.3) is 0 Å². The maximum atomic E-state index is 5.96. The fourth-order valence-corrected chi connectivity index (χ4v) is 7.54. The summed E-state index contributed by atoms with van der Waals surface area (Å²) in [5, 5.41) is 2.22. The molecule has 3 atom stereocenters. The second-order valence-electron chi connectivity index (χ2n) is 4.82. The van der Waals surface area contributed by atoms with Crippen LogP contribution < -0.4 is 2.93 Å². The minimum atomic E-state index is 0.0736. The van der Waals surface area contributed by atoms with Crippen LogP contribution in [0, 0.1) is 11.8 Å². The van der Waals surface area contributed by atoms with Gasteiger partial charge in [-0.2, -0.15) is 0 Å². The molecular formula is C13H18OSTe. The van der Waals surface area contributed by atoms with Crippen LogP contribution in [0.2, 0.25) is 4.47 Å². The van der Waals surface area contributed by atoms with E-state index in [9.17, 15) is 0 Å². The van der Waals surface area contributed by atoms with Gasteiger partial charge in [0.15, 0.2) is 0 Å². The van der Waals surface area contributed by atoms with Gasteiger partial charge < -0.3 is 0 Å². The zero-order valence-corrected chi connectivity index (χ0v) is 12.6. The van der Waals surface area contributed by atoms with Gasteiger partial charge in [-0.15, -0.1) is 0 Å². The summed E-state index contributed by atoms with van der Waals surface area (Å²) in [7, 11) is 0. The molecule has 0 bridgehead atoms. The van der Waals surface area contributed by atoms with Crippen LogP contribution in [-0.2, 0) is 4.74 Å². The van der Waals surface area contributed by atoms with Crippen LogP contribution in [0.4, 0.5) is 0 Å². The third-order valence-electron chi connectivity index (χ3n) is 3.82. The van der Waals surface area contributed by atoms with Crippen molar-refractivity contribution >= 4 is 35.2 Å². The summed E-state index contributed by atoms with van der Waals surface area (Å²) in [5.74, 6) is 1.81. The van der Waals surface area contributed by atoms with Gasteiger partial charge in [0.25, 0.3) is 0 Å². The topological polar surface area (TPSA) is 9.23 Å². The molecule has 3 heteroatoms. The summed E-state index contributed by atoms with van der Waals surface area (Å²) in [6.45, 7) is 1.06. The van der Waals surface area contributed by atoms with Gasteiger partial charge in [0.05, 0.1) is 0 Å². The molecule has 0 amide bonds. The Hall–Kier alpha value is 0.450.